The Balaban J connectivity index is 1.14. The number of likely N-dealkylation sites (tertiary alicyclic amines) is 1. The van der Waals surface area contributed by atoms with Crippen LogP contribution in [0, 0.1) is 11.7 Å². The molecule has 2 amide bonds. The third-order valence-corrected chi connectivity index (χ3v) is 8.78. The van der Waals surface area contributed by atoms with Crippen LogP contribution in [0.4, 0.5) is 4.39 Å². The number of aromatic nitrogens is 2. The number of carbonyl (C=O) groups is 2. The third-order valence-electron chi connectivity index (χ3n) is 8.78. The molecule has 8 nitrogen and oxygen atoms in total. The van der Waals surface area contributed by atoms with Gasteiger partial charge in [0.2, 0.25) is 5.91 Å². The molecule has 2 aliphatic heterocycles. The topological polar surface area (TPSA) is 95.6 Å². The second-order valence-electron chi connectivity index (χ2n) is 11.5. The van der Waals surface area contributed by atoms with Crippen molar-refractivity contribution in [2.24, 2.45) is 5.92 Å². The monoisotopic (exact) mass is 530 g/mol. The van der Waals surface area contributed by atoms with Gasteiger partial charge < -0.3 is 14.5 Å². The standard InChI is InChI=1S/C30H31FN4O4/c31-26-11-4-17(13-27-24-14-22(39-21-2-1-3-21)9-10-23(24)28(36)33-32-27)12-25(26)30(38)35-19-7-8-20(35)16-34(15-19)29(37)18-5-6-18/h4,9-12,14,18-21H,1-3,5-8,13,15-16H2,(H,33,36)/t19-,20?/m0/s1. The van der Waals surface area contributed by atoms with Crippen molar-refractivity contribution in [2.45, 2.75) is 69.6 Å². The largest absolute Gasteiger partial charge is 0.490 e. The van der Waals surface area contributed by atoms with E-state index in [-0.39, 0.29) is 47.0 Å². The molecule has 2 saturated carbocycles. The van der Waals surface area contributed by atoms with Gasteiger partial charge in [-0.15, -0.1) is 0 Å². The van der Waals surface area contributed by atoms with Crippen LogP contribution in [0.3, 0.4) is 0 Å². The number of rotatable bonds is 6. The molecule has 3 aromatic rings. The highest BCUT2D eigenvalue weighted by Gasteiger charge is 2.46. The van der Waals surface area contributed by atoms with Crippen molar-refractivity contribution >= 4 is 22.6 Å². The van der Waals surface area contributed by atoms with Gasteiger partial charge in [-0.25, -0.2) is 9.49 Å². The highest BCUT2D eigenvalue weighted by atomic mass is 19.1. The maximum absolute atomic E-state index is 15.0. The van der Waals surface area contributed by atoms with Gasteiger partial charge >= 0.3 is 0 Å². The van der Waals surface area contributed by atoms with Crippen molar-refractivity contribution in [3.05, 3.63) is 69.4 Å². The Morgan fingerprint density at radius 1 is 0.974 bits per heavy atom. The molecule has 1 unspecified atom stereocenters. The van der Waals surface area contributed by atoms with E-state index in [2.05, 4.69) is 10.2 Å². The summed E-state index contributed by atoms with van der Waals surface area (Å²) in [7, 11) is 0. The molecule has 7 rings (SSSR count). The molecule has 4 fully saturated rings. The smallest absolute Gasteiger partial charge is 0.272 e. The highest BCUT2D eigenvalue weighted by Crippen LogP contribution is 2.37. The van der Waals surface area contributed by atoms with Crippen LogP contribution in [0.2, 0.25) is 0 Å². The number of H-pyrrole nitrogens is 1. The van der Waals surface area contributed by atoms with Crippen LogP contribution in [-0.4, -0.2) is 63.1 Å². The zero-order chi connectivity index (χ0) is 26.7. The SMILES string of the molecule is O=C(C1CC1)N1CC2CC[C@@H](C1)N2C(=O)c1cc(Cc2n[nH]c(=O)c3ccc(OC4CCC4)cc23)ccc1F. The summed E-state index contributed by atoms with van der Waals surface area (Å²) in [5.74, 6) is 0.171. The van der Waals surface area contributed by atoms with Gasteiger partial charge in [-0.2, -0.15) is 5.10 Å². The van der Waals surface area contributed by atoms with Crippen LogP contribution >= 0.6 is 0 Å². The predicted molar refractivity (Wildman–Crippen MR) is 142 cm³/mol. The second-order valence-corrected chi connectivity index (χ2v) is 11.5. The lowest BCUT2D eigenvalue weighted by Crippen LogP contribution is -2.57. The molecular weight excluding hydrogens is 499 g/mol. The average molecular weight is 531 g/mol. The zero-order valence-corrected chi connectivity index (χ0v) is 21.7. The van der Waals surface area contributed by atoms with E-state index < -0.39 is 5.82 Å². The first-order valence-electron chi connectivity index (χ1n) is 14.0. The lowest BCUT2D eigenvalue weighted by molar-refractivity contribution is -0.135. The van der Waals surface area contributed by atoms with Gasteiger partial charge in [0.05, 0.1) is 34.8 Å². The summed E-state index contributed by atoms with van der Waals surface area (Å²) < 4.78 is 21.1. The fraction of sp³-hybridized carbons (Fsp3) is 0.467. The van der Waals surface area contributed by atoms with Gasteiger partial charge in [0.15, 0.2) is 0 Å². The molecule has 2 aliphatic carbocycles. The molecule has 2 aromatic carbocycles. The van der Waals surface area contributed by atoms with E-state index in [1.165, 1.54) is 6.07 Å². The molecule has 39 heavy (non-hydrogen) atoms. The van der Waals surface area contributed by atoms with Crippen LogP contribution < -0.4 is 10.3 Å². The van der Waals surface area contributed by atoms with Crippen molar-refractivity contribution in [3.63, 3.8) is 0 Å². The molecule has 202 valence electrons. The first-order valence-corrected chi connectivity index (χ1v) is 14.0. The number of hydrogen-bond acceptors (Lipinski definition) is 5. The average Bonchev–Trinajstić information content (AvgIpc) is 3.73. The fourth-order valence-electron chi connectivity index (χ4n) is 6.27. The van der Waals surface area contributed by atoms with Crippen molar-refractivity contribution in [2.75, 3.05) is 13.1 Å². The highest BCUT2D eigenvalue weighted by molar-refractivity contribution is 5.96. The van der Waals surface area contributed by atoms with Crippen LogP contribution in [0.15, 0.2) is 41.2 Å². The van der Waals surface area contributed by atoms with E-state index in [1.54, 1.807) is 29.2 Å². The van der Waals surface area contributed by atoms with Crippen LogP contribution in [0.1, 0.15) is 66.6 Å². The summed E-state index contributed by atoms with van der Waals surface area (Å²) in [6.45, 7) is 1.05. The second kappa shape index (κ2) is 9.47. The Morgan fingerprint density at radius 2 is 1.74 bits per heavy atom. The number of piperazine rings is 1. The molecular formula is C30H31FN4O4. The summed E-state index contributed by atoms with van der Waals surface area (Å²) >= 11 is 0. The van der Waals surface area contributed by atoms with Crippen LogP contribution in [0.25, 0.3) is 10.8 Å². The van der Waals surface area contributed by atoms with E-state index >= 15 is 4.39 Å². The molecule has 3 heterocycles. The first-order chi connectivity index (χ1) is 18.9. The molecule has 9 heteroatoms. The fourth-order valence-corrected chi connectivity index (χ4v) is 6.27. The van der Waals surface area contributed by atoms with E-state index in [4.69, 9.17) is 4.74 Å². The van der Waals surface area contributed by atoms with E-state index in [0.717, 1.165) is 50.5 Å². The summed E-state index contributed by atoms with van der Waals surface area (Å²) in [6.07, 6.45) is 7.30. The van der Waals surface area contributed by atoms with Crippen molar-refractivity contribution in [1.29, 1.82) is 0 Å². The predicted octanol–water partition coefficient (Wildman–Crippen LogP) is 3.81. The van der Waals surface area contributed by atoms with Crippen molar-refractivity contribution in [3.8, 4) is 5.75 Å². The van der Waals surface area contributed by atoms with Gasteiger partial charge in [-0.1, -0.05) is 6.07 Å². The molecule has 0 radical (unpaired) electrons. The summed E-state index contributed by atoms with van der Waals surface area (Å²) in [5, 5.41) is 8.06. The van der Waals surface area contributed by atoms with Gasteiger partial charge in [0.25, 0.3) is 11.5 Å². The minimum absolute atomic E-state index is 0.0362. The molecule has 0 spiro atoms. The number of amides is 2. The Hall–Kier alpha value is -3.75. The van der Waals surface area contributed by atoms with E-state index in [9.17, 15) is 14.4 Å². The number of halogens is 1. The molecule has 2 bridgehead atoms. The number of aromatic amines is 1. The first kappa shape index (κ1) is 24.3. The molecule has 1 N–H and O–H groups in total. The van der Waals surface area contributed by atoms with Crippen molar-refractivity contribution < 1.29 is 18.7 Å². The number of hydrogen-bond donors (Lipinski definition) is 1. The Kier molecular flexibility index (Phi) is 5.90. The van der Waals surface area contributed by atoms with Crippen molar-refractivity contribution in [1.82, 2.24) is 20.0 Å². The van der Waals surface area contributed by atoms with Gasteiger partial charge in [-0.05, 0) is 80.8 Å². The molecule has 2 saturated heterocycles. The lowest BCUT2D eigenvalue weighted by atomic mass is 9.96. The van der Waals surface area contributed by atoms with Gasteiger partial charge in [-0.3, -0.25) is 14.4 Å². The number of carbonyl (C=O) groups excluding carboxylic acids is 2. The van der Waals surface area contributed by atoms with E-state index in [1.807, 2.05) is 11.0 Å². The zero-order valence-electron chi connectivity index (χ0n) is 21.7. The Bertz CT molecular complexity index is 1520. The summed E-state index contributed by atoms with van der Waals surface area (Å²) in [5.41, 5.74) is 1.10. The lowest BCUT2D eigenvalue weighted by Gasteiger charge is -2.41. The summed E-state index contributed by atoms with van der Waals surface area (Å²) in [6, 6.07) is 9.82. The maximum Gasteiger partial charge on any atom is 0.272 e. The van der Waals surface area contributed by atoms with Gasteiger partial charge in [0, 0.05) is 30.8 Å². The minimum Gasteiger partial charge on any atom is -0.490 e. The Labute approximate surface area is 225 Å². The molecule has 1 aromatic heterocycles. The quantitative estimate of drug-likeness (QED) is 0.523. The maximum atomic E-state index is 15.0. The normalized spacial score (nSPS) is 22.7. The number of fused-ring (bicyclic) bond motifs is 3. The molecule has 4 aliphatic rings. The number of ether oxygens (including phenoxy) is 1. The number of nitrogens with zero attached hydrogens (tertiary/aromatic N) is 3. The summed E-state index contributed by atoms with van der Waals surface area (Å²) in [4.78, 5) is 42.4. The van der Waals surface area contributed by atoms with Crippen LogP contribution in [-0.2, 0) is 11.2 Å². The van der Waals surface area contributed by atoms with Gasteiger partial charge in [0.1, 0.15) is 11.6 Å². The molecule has 2 atom stereocenters. The van der Waals surface area contributed by atoms with Crippen LogP contribution in [0.5, 0.6) is 5.75 Å². The Morgan fingerprint density at radius 3 is 2.44 bits per heavy atom. The number of nitrogens with one attached hydrogen (secondary N) is 1. The minimum atomic E-state index is -0.560. The third kappa shape index (κ3) is 4.47. The number of benzene rings is 2. The van der Waals surface area contributed by atoms with E-state index in [0.29, 0.717) is 41.7 Å².